The molecule has 0 N–H and O–H groups in total. The third-order valence-corrected chi connectivity index (χ3v) is 3.53. The van der Waals surface area contributed by atoms with E-state index in [0.717, 1.165) is 5.57 Å². The molecule has 1 rings (SSSR count). The topological polar surface area (TPSA) is 52.6 Å². The van der Waals surface area contributed by atoms with Crippen molar-refractivity contribution in [3.05, 3.63) is 41.7 Å². The molecule has 0 amide bonds. The molecule has 0 heterocycles. The Labute approximate surface area is 125 Å². The van der Waals surface area contributed by atoms with Gasteiger partial charge in [-0.1, -0.05) is 24.3 Å². The van der Waals surface area contributed by atoms with Gasteiger partial charge in [0.1, 0.15) is 0 Å². The van der Waals surface area contributed by atoms with E-state index in [9.17, 15) is 9.59 Å². The first-order valence-electron chi connectivity index (χ1n) is 6.87. The van der Waals surface area contributed by atoms with E-state index >= 15 is 0 Å². The van der Waals surface area contributed by atoms with Gasteiger partial charge >= 0.3 is 11.9 Å². The van der Waals surface area contributed by atoms with Gasteiger partial charge in [0.15, 0.2) is 5.41 Å². The highest BCUT2D eigenvalue weighted by Crippen LogP contribution is 2.39. The van der Waals surface area contributed by atoms with Crippen molar-refractivity contribution >= 4 is 11.9 Å². The number of hydrogen-bond acceptors (Lipinski definition) is 4. The maximum absolute atomic E-state index is 12.4. The van der Waals surface area contributed by atoms with E-state index in [-0.39, 0.29) is 12.3 Å². The van der Waals surface area contributed by atoms with Gasteiger partial charge in [0, 0.05) is 12.3 Å². The van der Waals surface area contributed by atoms with E-state index < -0.39 is 17.4 Å². The molecule has 4 nitrogen and oxygen atoms in total. The summed E-state index contributed by atoms with van der Waals surface area (Å²) in [6.07, 6.45) is 9.99. The lowest BCUT2D eigenvalue weighted by Crippen LogP contribution is -2.46. The van der Waals surface area contributed by atoms with Gasteiger partial charge in [-0.25, -0.2) is 0 Å². The minimum Gasteiger partial charge on any atom is -0.468 e. The highest BCUT2D eigenvalue weighted by Gasteiger charge is 2.52. The van der Waals surface area contributed by atoms with Crippen molar-refractivity contribution in [2.75, 3.05) is 14.2 Å². The van der Waals surface area contributed by atoms with E-state index in [1.54, 1.807) is 6.08 Å². The van der Waals surface area contributed by atoms with E-state index in [0.29, 0.717) is 6.42 Å². The molecule has 0 aromatic rings. The fourth-order valence-electron chi connectivity index (χ4n) is 2.43. The molecule has 0 aromatic heterocycles. The largest absolute Gasteiger partial charge is 0.468 e. The average Bonchev–Trinajstić information content (AvgIpc) is 2.50. The molecule has 4 heteroatoms. The number of hydrogen-bond donors (Lipinski definition) is 0. The zero-order valence-electron chi connectivity index (χ0n) is 13.0. The molecule has 0 aliphatic heterocycles. The van der Waals surface area contributed by atoms with Gasteiger partial charge in [-0.05, 0) is 31.9 Å². The van der Waals surface area contributed by atoms with Crippen LogP contribution in [0.4, 0.5) is 0 Å². The van der Waals surface area contributed by atoms with Crippen molar-refractivity contribution in [2.45, 2.75) is 26.7 Å². The van der Waals surface area contributed by atoms with Crippen molar-refractivity contribution in [2.24, 2.45) is 11.3 Å². The van der Waals surface area contributed by atoms with E-state index in [2.05, 4.69) is 5.73 Å². The molecule has 21 heavy (non-hydrogen) atoms. The number of esters is 2. The van der Waals surface area contributed by atoms with Crippen molar-refractivity contribution in [3.8, 4) is 0 Å². The van der Waals surface area contributed by atoms with Gasteiger partial charge in [-0.3, -0.25) is 9.59 Å². The SMILES string of the molecule is COC(=O)C(CC=C=C(C)C)(C(=O)OC)C1C=CC=CC1. The molecule has 0 radical (unpaired) electrons. The fourth-order valence-corrected chi connectivity index (χ4v) is 2.43. The third-order valence-electron chi connectivity index (χ3n) is 3.53. The van der Waals surface area contributed by atoms with Crippen molar-refractivity contribution in [1.82, 2.24) is 0 Å². The molecule has 1 aliphatic carbocycles. The minimum atomic E-state index is -1.37. The monoisotopic (exact) mass is 290 g/mol. The second kappa shape index (κ2) is 7.65. The molecule has 0 bridgehead atoms. The summed E-state index contributed by atoms with van der Waals surface area (Å²) >= 11 is 0. The predicted octanol–water partition coefficient (Wildman–Crippen LogP) is 2.96. The molecule has 0 fully saturated rings. The highest BCUT2D eigenvalue weighted by molar-refractivity contribution is 6.01. The molecule has 0 saturated carbocycles. The van der Waals surface area contributed by atoms with Gasteiger partial charge in [0.05, 0.1) is 14.2 Å². The lowest BCUT2D eigenvalue weighted by Gasteiger charge is -2.33. The average molecular weight is 290 g/mol. The maximum Gasteiger partial charge on any atom is 0.324 e. The molecule has 0 saturated heterocycles. The number of methoxy groups -OCH3 is 2. The van der Waals surface area contributed by atoms with Crippen LogP contribution in [0.15, 0.2) is 41.7 Å². The number of ether oxygens (including phenoxy) is 2. The molecule has 0 spiro atoms. The predicted molar refractivity (Wildman–Crippen MR) is 80.4 cm³/mol. The van der Waals surface area contributed by atoms with Crippen LogP contribution in [-0.4, -0.2) is 26.2 Å². The lowest BCUT2D eigenvalue weighted by atomic mass is 9.70. The van der Waals surface area contributed by atoms with Crippen LogP contribution in [0.1, 0.15) is 26.7 Å². The highest BCUT2D eigenvalue weighted by atomic mass is 16.5. The molecule has 1 aliphatic rings. The zero-order valence-corrected chi connectivity index (χ0v) is 13.0. The lowest BCUT2D eigenvalue weighted by molar-refractivity contribution is -0.172. The first kappa shape index (κ1) is 17.0. The summed E-state index contributed by atoms with van der Waals surface area (Å²) in [5, 5.41) is 0. The Hall–Kier alpha value is -2.06. The minimum absolute atomic E-state index is 0.195. The van der Waals surface area contributed by atoms with Crippen LogP contribution in [0, 0.1) is 11.3 Å². The summed E-state index contributed by atoms with van der Waals surface area (Å²) in [5.41, 5.74) is 2.63. The Balaban J connectivity index is 3.30. The smallest absolute Gasteiger partial charge is 0.324 e. The van der Waals surface area contributed by atoms with Crippen molar-refractivity contribution < 1.29 is 19.1 Å². The fraction of sp³-hybridized carbons (Fsp3) is 0.471. The number of rotatable bonds is 5. The van der Waals surface area contributed by atoms with Crippen LogP contribution in [0.25, 0.3) is 0 Å². The summed E-state index contributed by atoms with van der Waals surface area (Å²) in [5.74, 6) is -1.45. The third kappa shape index (κ3) is 3.73. The van der Waals surface area contributed by atoms with Crippen LogP contribution >= 0.6 is 0 Å². The van der Waals surface area contributed by atoms with E-state index in [4.69, 9.17) is 9.47 Å². The molecule has 114 valence electrons. The van der Waals surface area contributed by atoms with Crippen LogP contribution in [0.5, 0.6) is 0 Å². The summed E-state index contributed by atoms with van der Waals surface area (Å²) < 4.78 is 9.79. The Morgan fingerprint density at radius 3 is 2.29 bits per heavy atom. The molecular formula is C17H22O4. The number of allylic oxidation sites excluding steroid dienone is 5. The number of carbonyl (C=O) groups is 2. The van der Waals surface area contributed by atoms with Gasteiger partial charge in [0.2, 0.25) is 0 Å². The van der Waals surface area contributed by atoms with Crippen LogP contribution in [0.2, 0.25) is 0 Å². The number of carbonyl (C=O) groups excluding carboxylic acids is 2. The Morgan fingerprint density at radius 2 is 1.86 bits per heavy atom. The second-order valence-corrected chi connectivity index (χ2v) is 5.16. The normalized spacial score (nSPS) is 16.9. The molecule has 1 unspecified atom stereocenters. The Morgan fingerprint density at radius 1 is 1.24 bits per heavy atom. The summed E-state index contributed by atoms with van der Waals surface area (Å²) in [6, 6.07) is 0. The van der Waals surface area contributed by atoms with Gasteiger partial charge in [0.25, 0.3) is 0 Å². The standard InChI is InChI=1S/C17H22O4/c1-13(2)9-8-12-17(15(18)20-3,16(19)21-4)14-10-6-5-7-11-14/h5-8,10,14H,11-12H2,1-4H3. The molecular weight excluding hydrogens is 268 g/mol. The summed E-state index contributed by atoms with van der Waals surface area (Å²) in [6.45, 7) is 3.80. The first-order valence-corrected chi connectivity index (χ1v) is 6.87. The Bertz CT molecular complexity index is 499. The quantitative estimate of drug-likeness (QED) is 0.444. The molecule has 0 aromatic carbocycles. The Kier molecular flexibility index (Phi) is 6.19. The zero-order chi connectivity index (χ0) is 15.9. The van der Waals surface area contributed by atoms with E-state index in [1.807, 2.05) is 38.2 Å². The maximum atomic E-state index is 12.4. The van der Waals surface area contributed by atoms with Crippen LogP contribution in [0.3, 0.4) is 0 Å². The van der Waals surface area contributed by atoms with Crippen LogP contribution in [-0.2, 0) is 19.1 Å². The van der Waals surface area contributed by atoms with Crippen LogP contribution < -0.4 is 0 Å². The van der Waals surface area contributed by atoms with Crippen molar-refractivity contribution in [3.63, 3.8) is 0 Å². The summed E-state index contributed by atoms with van der Waals surface area (Å²) in [7, 11) is 2.57. The van der Waals surface area contributed by atoms with Gasteiger partial charge in [-0.2, -0.15) is 0 Å². The summed E-state index contributed by atoms with van der Waals surface area (Å²) in [4.78, 5) is 24.7. The van der Waals surface area contributed by atoms with Gasteiger partial charge in [-0.15, -0.1) is 5.73 Å². The van der Waals surface area contributed by atoms with Crippen molar-refractivity contribution in [1.29, 1.82) is 0 Å². The van der Waals surface area contributed by atoms with Gasteiger partial charge < -0.3 is 9.47 Å². The molecule has 1 atom stereocenters. The van der Waals surface area contributed by atoms with E-state index in [1.165, 1.54) is 14.2 Å². The first-order chi connectivity index (χ1) is 9.98. The second-order valence-electron chi connectivity index (χ2n) is 5.16.